The van der Waals surface area contributed by atoms with Crippen molar-refractivity contribution in [3.05, 3.63) is 0 Å². The maximum atomic E-state index is 11.7. The maximum absolute atomic E-state index is 11.7. The Kier molecular flexibility index (Phi) is 5.22. The molecule has 0 unspecified atom stereocenters. The van der Waals surface area contributed by atoms with Gasteiger partial charge in [0.15, 0.2) is 0 Å². The van der Waals surface area contributed by atoms with Crippen LogP contribution in [0.15, 0.2) is 0 Å². The summed E-state index contributed by atoms with van der Waals surface area (Å²) in [5, 5.41) is 12.4. The van der Waals surface area contributed by atoms with E-state index in [1.165, 1.54) is 0 Å². The third kappa shape index (κ3) is 4.49. The van der Waals surface area contributed by atoms with Crippen molar-refractivity contribution >= 4 is 5.91 Å². The van der Waals surface area contributed by atoms with Gasteiger partial charge in [-0.2, -0.15) is 0 Å². The Bertz CT molecular complexity index is 225. The van der Waals surface area contributed by atoms with Crippen molar-refractivity contribution in [2.24, 2.45) is 5.92 Å². The molecule has 1 amide bonds. The molecule has 16 heavy (non-hydrogen) atoms. The second kappa shape index (κ2) is 6.21. The van der Waals surface area contributed by atoms with Gasteiger partial charge >= 0.3 is 0 Å². The average molecular weight is 228 g/mol. The van der Waals surface area contributed by atoms with Gasteiger partial charge < -0.3 is 15.3 Å². The molecule has 0 saturated heterocycles. The Labute approximate surface area is 98.0 Å². The lowest BCUT2D eigenvalue weighted by Gasteiger charge is -2.34. The van der Waals surface area contributed by atoms with E-state index in [-0.39, 0.29) is 12.0 Å². The van der Waals surface area contributed by atoms with Gasteiger partial charge in [0.1, 0.15) is 0 Å². The zero-order chi connectivity index (χ0) is 12.1. The molecule has 0 aromatic carbocycles. The van der Waals surface area contributed by atoms with Crippen molar-refractivity contribution in [2.45, 2.75) is 45.3 Å². The fraction of sp³-hybridized carbons (Fsp3) is 0.917. The number of hydrogen-bond acceptors (Lipinski definition) is 3. The zero-order valence-electron chi connectivity index (χ0n) is 10.6. The quantitative estimate of drug-likeness (QED) is 0.700. The summed E-state index contributed by atoms with van der Waals surface area (Å²) in [7, 11) is 1.85. The van der Waals surface area contributed by atoms with E-state index in [9.17, 15) is 4.79 Å². The number of hydrogen-bond donors (Lipinski definition) is 2. The molecule has 0 aromatic heterocycles. The van der Waals surface area contributed by atoms with Gasteiger partial charge in [-0.3, -0.25) is 4.79 Å². The number of aliphatic hydroxyl groups excluding tert-OH is 1. The molecule has 0 radical (unpaired) electrons. The van der Waals surface area contributed by atoms with Crippen molar-refractivity contribution in [1.82, 2.24) is 10.2 Å². The van der Waals surface area contributed by atoms with Gasteiger partial charge in [0.25, 0.3) is 0 Å². The summed E-state index contributed by atoms with van der Waals surface area (Å²) in [6.45, 7) is 5.68. The van der Waals surface area contributed by atoms with Crippen LogP contribution in [-0.4, -0.2) is 48.2 Å². The molecule has 0 atom stereocenters. The first-order chi connectivity index (χ1) is 7.49. The normalized spacial score (nSPS) is 24.3. The third-order valence-electron chi connectivity index (χ3n) is 3.06. The second-order valence-electron chi connectivity index (χ2n) is 5.12. The minimum absolute atomic E-state index is 0.129. The first kappa shape index (κ1) is 13.5. The predicted molar refractivity (Wildman–Crippen MR) is 64.1 cm³/mol. The second-order valence-corrected chi connectivity index (χ2v) is 5.12. The van der Waals surface area contributed by atoms with Crippen LogP contribution < -0.4 is 5.32 Å². The summed E-state index contributed by atoms with van der Waals surface area (Å²) in [6.07, 6.45) is 2.13. The fourth-order valence-electron chi connectivity index (χ4n) is 2.00. The number of carbonyl (C=O) groups excluding carboxylic acids is 1. The molecule has 1 aliphatic carbocycles. The fourth-order valence-corrected chi connectivity index (χ4v) is 2.00. The van der Waals surface area contributed by atoms with Crippen LogP contribution in [0, 0.1) is 5.92 Å². The highest BCUT2D eigenvalue weighted by Crippen LogP contribution is 2.27. The lowest BCUT2D eigenvalue weighted by atomic mass is 9.82. The molecule has 1 saturated carbocycles. The van der Waals surface area contributed by atoms with Crippen LogP contribution in [0.25, 0.3) is 0 Å². The molecule has 4 heteroatoms. The molecular weight excluding hydrogens is 204 g/mol. The van der Waals surface area contributed by atoms with Gasteiger partial charge in [-0.15, -0.1) is 0 Å². The Morgan fingerprint density at radius 2 is 2.12 bits per heavy atom. The monoisotopic (exact) mass is 228 g/mol. The van der Waals surface area contributed by atoms with E-state index in [0.717, 1.165) is 25.9 Å². The highest BCUT2D eigenvalue weighted by molar-refractivity contribution is 5.76. The molecule has 1 rings (SSSR count). The largest absolute Gasteiger partial charge is 0.393 e. The summed E-state index contributed by atoms with van der Waals surface area (Å²) in [6, 6.07) is 0.430. The lowest BCUT2D eigenvalue weighted by molar-refractivity contribution is -0.131. The van der Waals surface area contributed by atoms with E-state index in [1.54, 1.807) is 4.90 Å². The molecule has 0 bridgehead atoms. The van der Waals surface area contributed by atoms with Gasteiger partial charge in [0.2, 0.25) is 5.91 Å². The number of carbonyl (C=O) groups is 1. The van der Waals surface area contributed by atoms with Crippen LogP contribution in [0.4, 0.5) is 0 Å². The SMILES string of the molecule is CC(C)NCCC(=O)N(C)CC1CC(O)C1. The molecule has 0 aromatic rings. The van der Waals surface area contributed by atoms with Gasteiger partial charge in [0, 0.05) is 32.6 Å². The minimum Gasteiger partial charge on any atom is -0.393 e. The van der Waals surface area contributed by atoms with E-state index in [1.807, 2.05) is 7.05 Å². The molecule has 0 spiro atoms. The summed E-state index contributed by atoms with van der Waals surface area (Å²) >= 11 is 0. The van der Waals surface area contributed by atoms with E-state index in [4.69, 9.17) is 5.11 Å². The Balaban J connectivity index is 2.10. The minimum atomic E-state index is -0.129. The number of aliphatic hydroxyl groups is 1. The van der Waals surface area contributed by atoms with Crippen LogP contribution in [-0.2, 0) is 4.79 Å². The van der Waals surface area contributed by atoms with E-state index < -0.39 is 0 Å². The first-order valence-corrected chi connectivity index (χ1v) is 6.14. The first-order valence-electron chi connectivity index (χ1n) is 6.14. The zero-order valence-corrected chi connectivity index (χ0v) is 10.6. The van der Waals surface area contributed by atoms with Crippen molar-refractivity contribution in [3.63, 3.8) is 0 Å². The van der Waals surface area contributed by atoms with Crippen LogP contribution in [0.5, 0.6) is 0 Å². The molecule has 0 heterocycles. The van der Waals surface area contributed by atoms with Crippen LogP contribution in [0.1, 0.15) is 33.1 Å². The molecular formula is C12H24N2O2. The number of rotatable bonds is 6. The van der Waals surface area contributed by atoms with E-state index >= 15 is 0 Å². The van der Waals surface area contributed by atoms with Crippen molar-refractivity contribution < 1.29 is 9.90 Å². The highest BCUT2D eigenvalue weighted by atomic mass is 16.3. The average Bonchev–Trinajstić information content (AvgIpc) is 2.14. The van der Waals surface area contributed by atoms with E-state index in [2.05, 4.69) is 19.2 Å². The molecule has 2 N–H and O–H groups in total. The predicted octanol–water partition coefficient (Wildman–Crippen LogP) is 0.604. The van der Waals surface area contributed by atoms with Crippen molar-refractivity contribution in [2.75, 3.05) is 20.1 Å². The standard InChI is InChI=1S/C12H24N2O2/c1-9(2)13-5-4-12(16)14(3)8-10-6-11(15)7-10/h9-11,13,15H,4-8H2,1-3H3. The summed E-state index contributed by atoms with van der Waals surface area (Å²) in [5.74, 6) is 0.691. The maximum Gasteiger partial charge on any atom is 0.223 e. The molecule has 0 aliphatic heterocycles. The van der Waals surface area contributed by atoms with Gasteiger partial charge in [-0.1, -0.05) is 13.8 Å². The lowest BCUT2D eigenvalue weighted by Crippen LogP contribution is -2.40. The third-order valence-corrected chi connectivity index (χ3v) is 3.06. The van der Waals surface area contributed by atoms with Gasteiger partial charge in [-0.25, -0.2) is 0 Å². The summed E-state index contributed by atoms with van der Waals surface area (Å²) in [4.78, 5) is 13.5. The van der Waals surface area contributed by atoms with Crippen LogP contribution in [0.3, 0.4) is 0 Å². The van der Waals surface area contributed by atoms with Crippen LogP contribution >= 0.6 is 0 Å². The Morgan fingerprint density at radius 3 is 2.62 bits per heavy atom. The number of amides is 1. The topological polar surface area (TPSA) is 52.6 Å². The van der Waals surface area contributed by atoms with E-state index in [0.29, 0.717) is 18.4 Å². The number of nitrogens with one attached hydrogen (secondary N) is 1. The molecule has 94 valence electrons. The Hall–Kier alpha value is -0.610. The number of nitrogens with zero attached hydrogens (tertiary/aromatic N) is 1. The molecule has 1 fully saturated rings. The van der Waals surface area contributed by atoms with Crippen molar-refractivity contribution in [1.29, 1.82) is 0 Å². The molecule has 4 nitrogen and oxygen atoms in total. The van der Waals surface area contributed by atoms with Gasteiger partial charge in [0.05, 0.1) is 6.10 Å². The van der Waals surface area contributed by atoms with Crippen LogP contribution in [0.2, 0.25) is 0 Å². The smallest absolute Gasteiger partial charge is 0.223 e. The van der Waals surface area contributed by atoms with Crippen molar-refractivity contribution in [3.8, 4) is 0 Å². The Morgan fingerprint density at radius 1 is 1.50 bits per heavy atom. The molecule has 1 aliphatic rings. The summed E-state index contributed by atoms with van der Waals surface area (Å²) < 4.78 is 0. The van der Waals surface area contributed by atoms with Gasteiger partial charge in [-0.05, 0) is 18.8 Å². The summed E-state index contributed by atoms with van der Waals surface area (Å²) in [5.41, 5.74) is 0. The highest BCUT2D eigenvalue weighted by Gasteiger charge is 2.28.